The topological polar surface area (TPSA) is 123 Å². The van der Waals surface area contributed by atoms with Crippen LogP contribution in [0.2, 0.25) is 0 Å². The first-order valence-electron chi connectivity index (χ1n) is 13.3. The first-order chi connectivity index (χ1) is 19.4. The Morgan fingerprint density at radius 1 is 0.900 bits per heavy atom. The van der Waals surface area contributed by atoms with Crippen LogP contribution in [0, 0.1) is 0 Å². The van der Waals surface area contributed by atoms with Gasteiger partial charge in [-0.3, -0.25) is 19.2 Å². The number of ether oxygens (including phenoxy) is 3. The lowest BCUT2D eigenvalue weighted by molar-refractivity contribution is -0.148. The number of hydrogen-bond acceptors (Lipinski definition) is 8. The van der Waals surface area contributed by atoms with Gasteiger partial charge in [0.1, 0.15) is 25.0 Å². The fourth-order valence-corrected chi connectivity index (χ4v) is 4.37. The molecule has 1 heterocycles. The van der Waals surface area contributed by atoms with Crippen molar-refractivity contribution in [1.82, 2.24) is 15.5 Å². The van der Waals surface area contributed by atoms with Gasteiger partial charge in [-0.15, -0.1) is 0 Å². The van der Waals surface area contributed by atoms with E-state index in [0.29, 0.717) is 31.9 Å². The Balaban J connectivity index is 1.32. The Morgan fingerprint density at radius 3 is 2.35 bits per heavy atom. The van der Waals surface area contributed by atoms with Crippen LogP contribution < -0.4 is 15.4 Å². The van der Waals surface area contributed by atoms with Gasteiger partial charge in [0.05, 0.1) is 13.0 Å². The number of thiocarbonyl (C=S) groups is 1. The van der Waals surface area contributed by atoms with Gasteiger partial charge in [-0.05, 0) is 49.2 Å². The van der Waals surface area contributed by atoms with Crippen LogP contribution in [0.5, 0.6) is 5.75 Å². The molecule has 2 amide bonds. The molecular formula is C29H35N3O7S. The molecule has 3 rings (SSSR count). The molecular weight excluding hydrogens is 534 g/mol. The molecule has 1 fully saturated rings. The minimum atomic E-state index is -0.907. The molecule has 2 aromatic carbocycles. The van der Waals surface area contributed by atoms with Gasteiger partial charge in [0.15, 0.2) is 5.11 Å². The highest BCUT2D eigenvalue weighted by Crippen LogP contribution is 2.12. The zero-order valence-electron chi connectivity index (χ0n) is 22.3. The Bertz CT molecular complexity index is 1130. The predicted octanol–water partition coefficient (Wildman–Crippen LogP) is 2.55. The molecule has 1 aliphatic rings. The zero-order valence-corrected chi connectivity index (χ0v) is 23.2. The van der Waals surface area contributed by atoms with Crippen molar-refractivity contribution in [2.24, 2.45) is 0 Å². The molecule has 0 aliphatic carbocycles. The smallest absolute Gasteiger partial charge is 0.308 e. The molecule has 40 heavy (non-hydrogen) atoms. The molecule has 2 N–H and O–H groups in total. The van der Waals surface area contributed by atoms with Crippen LogP contribution in [0.25, 0.3) is 0 Å². The highest BCUT2D eigenvalue weighted by molar-refractivity contribution is 7.80. The Hall–Kier alpha value is -3.99. The summed E-state index contributed by atoms with van der Waals surface area (Å²) in [6.07, 6.45) is 1.79. The number of rotatable bonds is 14. The number of piperazine rings is 1. The van der Waals surface area contributed by atoms with Crippen molar-refractivity contribution < 1.29 is 33.4 Å². The molecule has 1 aliphatic heterocycles. The van der Waals surface area contributed by atoms with Crippen molar-refractivity contribution in [2.75, 3.05) is 32.9 Å². The summed E-state index contributed by atoms with van der Waals surface area (Å²) >= 11 is 5.36. The van der Waals surface area contributed by atoms with Gasteiger partial charge < -0.3 is 29.7 Å². The molecule has 0 radical (unpaired) electrons. The lowest BCUT2D eigenvalue weighted by atomic mass is 10.1. The summed E-state index contributed by atoms with van der Waals surface area (Å²) in [6, 6.07) is 18.2. The van der Waals surface area contributed by atoms with Gasteiger partial charge in [0.2, 0.25) is 11.8 Å². The number of aryl methyl sites for hydroxylation is 1. The second-order valence-electron chi connectivity index (χ2n) is 9.10. The van der Waals surface area contributed by atoms with Gasteiger partial charge in [0, 0.05) is 25.9 Å². The van der Waals surface area contributed by atoms with Crippen LogP contribution in [-0.4, -0.2) is 72.7 Å². The van der Waals surface area contributed by atoms with E-state index in [2.05, 4.69) is 10.6 Å². The molecule has 2 aromatic rings. The fourth-order valence-electron chi connectivity index (χ4n) is 4.04. The third-order valence-corrected chi connectivity index (χ3v) is 6.39. The summed E-state index contributed by atoms with van der Waals surface area (Å²) < 4.78 is 15.9. The monoisotopic (exact) mass is 569 g/mol. The SMILES string of the molecule is O=C(CCCC(=O)OCCCc1ccccc1)NC(=S)N1CCNC(=O)C1CC(=O)OCCOc1ccccc1. The average molecular weight is 570 g/mol. The van der Waals surface area contributed by atoms with E-state index in [1.165, 1.54) is 10.5 Å². The minimum Gasteiger partial charge on any atom is -0.490 e. The number of para-hydroxylation sites is 1. The average Bonchev–Trinajstić information content (AvgIpc) is 2.95. The number of nitrogens with one attached hydrogen (secondary N) is 2. The van der Waals surface area contributed by atoms with E-state index in [4.69, 9.17) is 26.4 Å². The first kappa shape index (κ1) is 30.6. The second kappa shape index (κ2) is 16.9. The number of carbonyl (C=O) groups is 4. The first-order valence-corrected chi connectivity index (χ1v) is 13.7. The summed E-state index contributed by atoms with van der Waals surface area (Å²) in [5.74, 6) is -1.04. The van der Waals surface area contributed by atoms with Crippen molar-refractivity contribution in [2.45, 2.75) is 44.6 Å². The largest absolute Gasteiger partial charge is 0.490 e. The van der Waals surface area contributed by atoms with Crippen LogP contribution in [0.4, 0.5) is 0 Å². The van der Waals surface area contributed by atoms with E-state index in [1.54, 1.807) is 12.1 Å². The van der Waals surface area contributed by atoms with Gasteiger partial charge in [-0.2, -0.15) is 0 Å². The molecule has 1 atom stereocenters. The fraction of sp³-hybridized carbons (Fsp3) is 0.414. The number of esters is 2. The summed E-state index contributed by atoms with van der Waals surface area (Å²) in [6.45, 7) is 1.17. The van der Waals surface area contributed by atoms with Gasteiger partial charge in [-0.25, -0.2) is 0 Å². The number of carbonyl (C=O) groups excluding carboxylic acids is 4. The Morgan fingerprint density at radius 2 is 1.60 bits per heavy atom. The van der Waals surface area contributed by atoms with Crippen molar-refractivity contribution in [1.29, 1.82) is 0 Å². The Kier molecular flexibility index (Phi) is 12.9. The predicted molar refractivity (Wildman–Crippen MR) is 151 cm³/mol. The van der Waals surface area contributed by atoms with E-state index in [-0.39, 0.29) is 55.4 Å². The van der Waals surface area contributed by atoms with Crippen molar-refractivity contribution in [3.05, 3.63) is 66.2 Å². The van der Waals surface area contributed by atoms with Gasteiger partial charge >= 0.3 is 11.9 Å². The zero-order chi connectivity index (χ0) is 28.6. The summed E-state index contributed by atoms with van der Waals surface area (Å²) in [5.41, 5.74) is 1.19. The quantitative estimate of drug-likeness (QED) is 0.201. The van der Waals surface area contributed by atoms with Crippen LogP contribution in [-0.2, 0) is 35.1 Å². The molecule has 0 saturated carbocycles. The third kappa shape index (κ3) is 11.0. The molecule has 0 aromatic heterocycles. The van der Waals surface area contributed by atoms with Crippen LogP contribution in [0.15, 0.2) is 60.7 Å². The summed E-state index contributed by atoms with van der Waals surface area (Å²) in [5, 5.41) is 5.36. The number of nitrogens with zero attached hydrogens (tertiary/aromatic N) is 1. The lowest BCUT2D eigenvalue weighted by Crippen LogP contribution is -2.60. The summed E-state index contributed by atoms with van der Waals surface area (Å²) in [4.78, 5) is 50.7. The van der Waals surface area contributed by atoms with Crippen molar-refractivity contribution in [3.63, 3.8) is 0 Å². The van der Waals surface area contributed by atoms with E-state index < -0.39 is 12.0 Å². The molecule has 11 heteroatoms. The highest BCUT2D eigenvalue weighted by atomic mass is 32.1. The molecule has 1 saturated heterocycles. The van der Waals surface area contributed by atoms with Crippen molar-refractivity contribution in [3.8, 4) is 5.75 Å². The van der Waals surface area contributed by atoms with E-state index in [9.17, 15) is 19.2 Å². The molecule has 10 nitrogen and oxygen atoms in total. The number of hydrogen-bond donors (Lipinski definition) is 2. The van der Waals surface area contributed by atoms with Crippen LogP contribution >= 0.6 is 12.2 Å². The minimum absolute atomic E-state index is 0.0265. The lowest BCUT2D eigenvalue weighted by Gasteiger charge is -2.36. The normalized spacial score (nSPS) is 14.6. The maximum Gasteiger partial charge on any atom is 0.308 e. The maximum atomic E-state index is 12.5. The standard InChI is InChI=1S/C29H35N3O7S/c33-25(14-7-15-26(34)38-18-8-11-22-9-3-1-4-10-22)31-29(40)32-17-16-30-28(36)24(32)21-27(35)39-20-19-37-23-12-5-2-6-13-23/h1-6,9-10,12-13,24H,7-8,11,14-21H2,(H,30,36)(H,31,33,40). The number of benzene rings is 2. The van der Waals surface area contributed by atoms with Crippen LogP contribution in [0.1, 0.15) is 37.7 Å². The van der Waals surface area contributed by atoms with Gasteiger partial charge in [0.25, 0.3) is 0 Å². The van der Waals surface area contributed by atoms with Gasteiger partial charge in [-0.1, -0.05) is 48.5 Å². The van der Waals surface area contributed by atoms with Crippen molar-refractivity contribution >= 4 is 41.1 Å². The second-order valence-corrected chi connectivity index (χ2v) is 9.49. The van der Waals surface area contributed by atoms with E-state index >= 15 is 0 Å². The molecule has 214 valence electrons. The van der Waals surface area contributed by atoms with E-state index in [1.807, 2.05) is 48.5 Å². The summed E-state index contributed by atoms with van der Waals surface area (Å²) in [7, 11) is 0. The highest BCUT2D eigenvalue weighted by Gasteiger charge is 2.34. The molecule has 0 bridgehead atoms. The third-order valence-electron chi connectivity index (χ3n) is 6.06. The maximum absolute atomic E-state index is 12.5. The molecule has 0 spiro atoms. The molecule has 1 unspecified atom stereocenters. The van der Waals surface area contributed by atoms with E-state index in [0.717, 1.165) is 12.8 Å². The Labute approximate surface area is 239 Å². The number of amides is 2. The van der Waals surface area contributed by atoms with Crippen LogP contribution in [0.3, 0.4) is 0 Å².